The summed E-state index contributed by atoms with van der Waals surface area (Å²) in [6, 6.07) is 4.13. The minimum atomic E-state index is 0.177. The molecule has 1 saturated heterocycles. The number of hydrogen-bond acceptors (Lipinski definition) is 5. The fraction of sp³-hybridized carbons (Fsp3) is 0.571. The van der Waals surface area contributed by atoms with Gasteiger partial charge in [-0.05, 0) is 24.7 Å². The van der Waals surface area contributed by atoms with E-state index in [9.17, 15) is 0 Å². The molecule has 2 N–H and O–H groups in total. The summed E-state index contributed by atoms with van der Waals surface area (Å²) in [5.74, 6) is 1.37. The normalized spacial score (nSPS) is 21.1. The summed E-state index contributed by atoms with van der Waals surface area (Å²) in [4.78, 5) is 4.74. The number of nitrogens with zero attached hydrogens (tertiary/aromatic N) is 2. The highest BCUT2D eigenvalue weighted by Gasteiger charge is 2.26. The van der Waals surface area contributed by atoms with Crippen LogP contribution in [0.3, 0.4) is 0 Å². The van der Waals surface area contributed by atoms with Crippen molar-refractivity contribution in [2.24, 2.45) is 5.73 Å². The Hall–Kier alpha value is -1.01. The molecule has 2 aliphatic heterocycles. The Bertz CT molecular complexity index is 490. The van der Waals surface area contributed by atoms with Crippen molar-refractivity contribution in [2.75, 3.05) is 46.6 Å². The number of hydrogen-bond donors (Lipinski definition) is 1. The van der Waals surface area contributed by atoms with Crippen molar-refractivity contribution in [1.29, 1.82) is 0 Å². The second kappa shape index (κ2) is 5.77. The maximum Gasteiger partial charge on any atom is 0.231 e. The van der Waals surface area contributed by atoms with Gasteiger partial charge in [-0.25, -0.2) is 0 Å². The Labute approximate surface area is 124 Å². The zero-order valence-electron chi connectivity index (χ0n) is 11.6. The third-order valence-electron chi connectivity index (χ3n) is 4.04. The molecule has 0 saturated carbocycles. The van der Waals surface area contributed by atoms with Crippen LogP contribution in [0.25, 0.3) is 0 Å². The molecule has 3 rings (SSSR count). The molecule has 5 nitrogen and oxygen atoms in total. The quantitative estimate of drug-likeness (QED) is 0.912. The lowest BCUT2D eigenvalue weighted by Gasteiger charge is -2.37. The zero-order valence-corrected chi connectivity index (χ0v) is 12.4. The van der Waals surface area contributed by atoms with Crippen LogP contribution in [0.15, 0.2) is 12.1 Å². The van der Waals surface area contributed by atoms with Gasteiger partial charge in [0.05, 0.1) is 5.02 Å². The molecule has 1 aromatic carbocycles. The molecular formula is C14H20ClN3O2. The van der Waals surface area contributed by atoms with E-state index in [1.54, 1.807) is 0 Å². The lowest BCUT2D eigenvalue weighted by Crippen LogP contribution is -2.47. The van der Waals surface area contributed by atoms with E-state index in [0.29, 0.717) is 17.3 Å². The average Bonchev–Trinajstić information content (AvgIpc) is 2.91. The minimum Gasteiger partial charge on any atom is -0.454 e. The Kier molecular flexibility index (Phi) is 4.03. The van der Waals surface area contributed by atoms with Crippen LogP contribution in [0.4, 0.5) is 0 Å². The van der Waals surface area contributed by atoms with Crippen LogP contribution in [0, 0.1) is 0 Å². The summed E-state index contributed by atoms with van der Waals surface area (Å²) in [6.07, 6.45) is 0. The third kappa shape index (κ3) is 2.59. The van der Waals surface area contributed by atoms with E-state index in [0.717, 1.165) is 37.5 Å². The van der Waals surface area contributed by atoms with Gasteiger partial charge in [-0.3, -0.25) is 4.90 Å². The first kappa shape index (κ1) is 13.9. The van der Waals surface area contributed by atoms with Gasteiger partial charge < -0.3 is 20.1 Å². The van der Waals surface area contributed by atoms with E-state index in [2.05, 4.69) is 16.8 Å². The first-order chi connectivity index (χ1) is 9.69. The molecule has 0 aliphatic carbocycles. The Balaban J connectivity index is 1.84. The molecule has 0 amide bonds. The molecule has 2 heterocycles. The van der Waals surface area contributed by atoms with Crippen LogP contribution in [-0.2, 0) is 0 Å². The molecule has 6 heteroatoms. The molecule has 1 unspecified atom stereocenters. The molecular weight excluding hydrogens is 278 g/mol. The van der Waals surface area contributed by atoms with E-state index >= 15 is 0 Å². The van der Waals surface area contributed by atoms with Crippen LogP contribution in [0.2, 0.25) is 5.02 Å². The second-order valence-electron chi connectivity index (χ2n) is 5.33. The summed E-state index contributed by atoms with van der Waals surface area (Å²) in [5.41, 5.74) is 7.10. The smallest absolute Gasteiger partial charge is 0.231 e. The van der Waals surface area contributed by atoms with Crippen LogP contribution in [0.1, 0.15) is 11.6 Å². The van der Waals surface area contributed by atoms with Crippen LogP contribution < -0.4 is 15.2 Å². The number of likely N-dealkylation sites (N-methyl/N-ethyl adjacent to an activating group) is 1. The molecule has 1 fully saturated rings. The third-order valence-corrected chi connectivity index (χ3v) is 4.32. The minimum absolute atomic E-state index is 0.177. The van der Waals surface area contributed by atoms with Crippen molar-refractivity contribution in [1.82, 2.24) is 9.80 Å². The fourth-order valence-electron chi connectivity index (χ4n) is 2.81. The highest BCUT2D eigenvalue weighted by Crippen LogP contribution is 2.41. The number of rotatable bonds is 3. The second-order valence-corrected chi connectivity index (χ2v) is 5.73. The molecule has 1 aromatic rings. The van der Waals surface area contributed by atoms with Crippen molar-refractivity contribution in [3.05, 3.63) is 22.7 Å². The molecule has 0 radical (unpaired) electrons. The van der Waals surface area contributed by atoms with Gasteiger partial charge in [-0.15, -0.1) is 0 Å². The largest absolute Gasteiger partial charge is 0.454 e. The summed E-state index contributed by atoms with van der Waals surface area (Å²) in [7, 11) is 2.15. The summed E-state index contributed by atoms with van der Waals surface area (Å²) in [5, 5.41) is 0.600. The number of fused-ring (bicyclic) bond motifs is 1. The van der Waals surface area contributed by atoms with Crippen molar-refractivity contribution in [3.63, 3.8) is 0 Å². The summed E-state index contributed by atoms with van der Waals surface area (Å²) < 4.78 is 10.8. The lowest BCUT2D eigenvalue weighted by molar-refractivity contribution is 0.114. The Morgan fingerprint density at radius 3 is 2.70 bits per heavy atom. The molecule has 0 aromatic heterocycles. The van der Waals surface area contributed by atoms with Gasteiger partial charge in [0.2, 0.25) is 6.79 Å². The van der Waals surface area contributed by atoms with Crippen LogP contribution >= 0.6 is 11.6 Å². The number of piperazine rings is 1. The highest BCUT2D eigenvalue weighted by molar-refractivity contribution is 6.32. The van der Waals surface area contributed by atoms with E-state index in [1.165, 1.54) is 0 Å². The maximum absolute atomic E-state index is 6.27. The van der Waals surface area contributed by atoms with Crippen molar-refractivity contribution < 1.29 is 9.47 Å². The van der Waals surface area contributed by atoms with Crippen LogP contribution in [-0.4, -0.2) is 56.4 Å². The zero-order chi connectivity index (χ0) is 14.1. The van der Waals surface area contributed by atoms with Gasteiger partial charge in [0.15, 0.2) is 11.5 Å². The van der Waals surface area contributed by atoms with E-state index < -0.39 is 0 Å². The predicted octanol–water partition coefficient (Wildman–Crippen LogP) is 1.32. The first-order valence-electron chi connectivity index (χ1n) is 6.90. The standard InChI is InChI=1S/C14H20ClN3O2/c1-17-2-4-18(5-3-17)12(8-16)10-6-11(15)14-13(7-10)19-9-20-14/h6-7,12H,2-5,8-9,16H2,1H3. The molecule has 0 spiro atoms. The number of benzene rings is 1. The summed E-state index contributed by atoms with van der Waals surface area (Å²) in [6.45, 7) is 4.97. The van der Waals surface area contributed by atoms with E-state index in [1.807, 2.05) is 12.1 Å². The molecule has 20 heavy (non-hydrogen) atoms. The molecule has 110 valence electrons. The van der Waals surface area contributed by atoms with Gasteiger partial charge in [0.25, 0.3) is 0 Å². The Morgan fingerprint density at radius 2 is 2.00 bits per heavy atom. The van der Waals surface area contributed by atoms with Gasteiger partial charge in [0, 0.05) is 38.8 Å². The number of nitrogens with two attached hydrogens (primary N) is 1. The van der Waals surface area contributed by atoms with Gasteiger partial charge in [-0.2, -0.15) is 0 Å². The predicted molar refractivity (Wildman–Crippen MR) is 78.4 cm³/mol. The van der Waals surface area contributed by atoms with Crippen molar-refractivity contribution >= 4 is 11.6 Å². The van der Waals surface area contributed by atoms with Gasteiger partial charge in [0.1, 0.15) is 0 Å². The van der Waals surface area contributed by atoms with E-state index in [-0.39, 0.29) is 12.8 Å². The van der Waals surface area contributed by atoms with Crippen molar-refractivity contribution in [2.45, 2.75) is 6.04 Å². The molecule has 1 atom stereocenters. The molecule has 2 aliphatic rings. The monoisotopic (exact) mass is 297 g/mol. The maximum atomic E-state index is 6.27. The van der Waals surface area contributed by atoms with Gasteiger partial charge in [-0.1, -0.05) is 11.6 Å². The number of ether oxygens (including phenoxy) is 2. The summed E-state index contributed by atoms with van der Waals surface area (Å²) >= 11 is 6.27. The van der Waals surface area contributed by atoms with E-state index in [4.69, 9.17) is 26.8 Å². The van der Waals surface area contributed by atoms with Crippen molar-refractivity contribution in [3.8, 4) is 11.5 Å². The topological polar surface area (TPSA) is 51.0 Å². The number of halogens is 1. The SMILES string of the molecule is CN1CCN(C(CN)c2cc(Cl)c3c(c2)OCO3)CC1. The van der Waals surface area contributed by atoms with Gasteiger partial charge >= 0.3 is 0 Å². The first-order valence-corrected chi connectivity index (χ1v) is 7.28. The molecule has 0 bridgehead atoms. The fourth-order valence-corrected chi connectivity index (χ4v) is 3.08. The van der Waals surface area contributed by atoms with Crippen LogP contribution in [0.5, 0.6) is 11.5 Å². The highest BCUT2D eigenvalue weighted by atomic mass is 35.5. The average molecular weight is 298 g/mol. The Morgan fingerprint density at radius 1 is 1.25 bits per heavy atom. The lowest BCUT2D eigenvalue weighted by atomic mass is 10.0.